The summed E-state index contributed by atoms with van der Waals surface area (Å²) in [7, 11) is 0. The smallest absolute Gasteiger partial charge is 0.234 e. The molecule has 1 unspecified atom stereocenters. The number of rotatable bonds is 4. The summed E-state index contributed by atoms with van der Waals surface area (Å²) in [5.41, 5.74) is 1.08. The van der Waals surface area contributed by atoms with Gasteiger partial charge in [0.25, 0.3) is 0 Å². The minimum absolute atomic E-state index is 0.0239. The Morgan fingerprint density at radius 2 is 2.19 bits per heavy atom. The third kappa shape index (κ3) is 2.82. The minimum Gasteiger partial charge on any atom is -0.493 e. The topological polar surface area (TPSA) is 65.2 Å². The average Bonchev–Trinajstić information content (AvgIpc) is 2.95. The Morgan fingerprint density at radius 1 is 1.38 bits per heavy atom. The fraction of sp³-hybridized carbons (Fsp3) is 0.438. The predicted molar refractivity (Wildman–Crippen MR) is 76.2 cm³/mol. The van der Waals surface area contributed by atoms with Crippen LogP contribution in [0.1, 0.15) is 43.5 Å². The standard InChI is InChI=1S/C16H18N2O3/c1-10(2)13(19)9-15-17-16(18-21-15)12-7-8-20-14-6-4-3-5-11(12)14/h3-6,10,12H,7-9H2,1-2H3. The van der Waals surface area contributed by atoms with E-state index in [9.17, 15) is 4.79 Å². The summed E-state index contributed by atoms with van der Waals surface area (Å²) < 4.78 is 10.9. The van der Waals surface area contributed by atoms with Gasteiger partial charge in [-0.25, -0.2) is 0 Å². The van der Waals surface area contributed by atoms with Gasteiger partial charge in [0, 0.05) is 11.5 Å². The van der Waals surface area contributed by atoms with Gasteiger partial charge in [-0.3, -0.25) is 4.79 Å². The van der Waals surface area contributed by atoms with E-state index in [0.717, 1.165) is 17.7 Å². The van der Waals surface area contributed by atoms with E-state index in [1.54, 1.807) is 0 Å². The molecular weight excluding hydrogens is 268 g/mol. The van der Waals surface area contributed by atoms with Gasteiger partial charge in [0.1, 0.15) is 11.5 Å². The summed E-state index contributed by atoms with van der Waals surface area (Å²) in [5, 5.41) is 4.06. The third-order valence-corrected chi connectivity index (χ3v) is 3.72. The van der Waals surface area contributed by atoms with E-state index in [1.807, 2.05) is 38.1 Å². The molecule has 0 N–H and O–H groups in total. The molecule has 1 aliphatic rings. The first-order chi connectivity index (χ1) is 10.1. The lowest BCUT2D eigenvalue weighted by atomic mass is 9.92. The number of ether oxygens (including phenoxy) is 1. The summed E-state index contributed by atoms with van der Waals surface area (Å²) in [4.78, 5) is 16.1. The lowest BCUT2D eigenvalue weighted by Crippen LogP contribution is -2.16. The maximum Gasteiger partial charge on any atom is 0.234 e. The van der Waals surface area contributed by atoms with E-state index < -0.39 is 0 Å². The molecule has 2 aromatic rings. The van der Waals surface area contributed by atoms with E-state index in [1.165, 1.54) is 0 Å². The largest absolute Gasteiger partial charge is 0.493 e. The summed E-state index contributed by atoms with van der Waals surface area (Å²) in [6, 6.07) is 7.90. The van der Waals surface area contributed by atoms with E-state index in [-0.39, 0.29) is 24.0 Å². The van der Waals surface area contributed by atoms with Crippen molar-refractivity contribution in [2.75, 3.05) is 6.61 Å². The molecular formula is C16H18N2O3. The van der Waals surface area contributed by atoms with Crippen LogP contribution in [0.2, 0.25) is 0 Å². The Balaban J connectivity index is 1.83. The number of carbonyl (C=O) groups is 1. The molecule has 0 radical (unpaired) electrons. The molecule has 21 heavy (non-hydrogen) atoms. The van der Waals surface area contributed by atoms with Crippen molar-refractivity contribution in [3.05, 3.63) is 41.5 Å². The first kappa shape index (κ1) is 13.8. The molecule has 5 nitrogen and oxygen atoms in total. The number of Topliss-reactive ketones (excluding diaryl/α,β-unsaturated/α-hetero) is 1. The Kier molecular flexibility index (Phi) is 3.73. The number of ketones is 1. The van der Waals surface area contributed by atoms with Crippen molar-refractivity contribution in [2.45, 2.75) is 32.6 Å². The predicted octanol–water partition coefficient (Wildman–Crippen LogP) is 2.75. The van der Waals surface area contributed by atoms with Gasteiger partial charge in [-0.15, -0.1) is 0 Å². The lowest BCUT2D eigenvalue weighted by molar-refractivity contribution is -0.121. The van der Waals surface area contributed by atoms with Gasteiger partial charge < -0.3 is 9.26 Å². The second-order valence-corrected chi connectivity index (χ2v) is 5.57. The highest BCUT2D eigenvalue weighted by molar-refractivity contribution is 5.81. The number of para-hydroxylation sites is 1. The molecule has 0 saturated carbocycles. The molecule has 2 heterocycles. The molecule has 0 bridgehead atoms. The van der Waals surface area contributed by atoms with E-state index >= 15 is 0 Å². The van der Waals surface area contributed by atoms with Crippen molar-refractivity contribution in [1.29, 1.82) is 0 Å². The summed E-state index contributed by atoms with van der Waals surface area (Å²) >= 11 is 0. The van der Waals surface area contributed by atoms with Crippen LogP contribution in [-0.4, -0.2) is 22.5 Å². The zero-order valence-electron chi connectivity index (χ0n) is 12.2. The molecule has 0 fully saturated rings. The van der Waals surface area contributed by atoms with Crippen LogP contribution in [0.25, 0.3) is 0 Å². The second kappa shape index (κ2) is 5.68. The molecule has 0 amide bonds. The number of aromatic nitrogens is 2. The van der Waals surface area contributed by atoms with Crippen molar-refractivity contribution in [3.8, 4) is 5.75 Å². The fourth-order valence-corrected chi connectivity index (χ4v) is 2.44. The molecule has 110 valence electrons. The van der Waals surface area contributed by atoms with Gasteiger partial charge in [0.15, 0.2) is 5.82 Å². The van der Waals surface area contributed by atoms with E-state index in [4.69, 9.17) is 9.26 Å². The Bertz CT molecular complexity index is 648. The van der Waals surface area contributed by atoms with Crippen molar-refractivity contribution < 1.29 is 14.1 Å². The highest BCUT2D eigenvalue weighted by Crippen LogP contribution is 2.36. The van der Waals surface area contributed by atoms with Crippen LogP contribution in [0.4, 0.5) is 0 Å². The quantitative estimate of drug-likeness (QED) is 0.864. The Hall–Kier alpha value is -2.17. The number of benzene rings is 1. The van der Waals surface area contributed by atoms with Crippen molar-refractivity contribution in [3.63, 3.8) is 0 Å². The van der Waals surface area contributed by atoms with Crippen molar-refractivity contribution >= 4 is 5.78 Å². The van der Waals surface area contributed by atoms with Crippen molar-refractivity contribution in [2.24, 2.45) is 5.92 Å². The third-order valence-electron chi connectivity index (χ3n) is 3.72. The number of nitrogens with zero attached hydrogens (tertiary/aromatic N) is 2. The van der Waals surface area contributed by atoms with Gasteiger partial charge in [-0.05, 0) is 12.5 Å². The fourth-order valence-electron chi connectivity index (χ4n) is 2.44. The molecule has 0 saturated heterocycles. The van der Waals surface area contributed by atoms with Crippen LogP contribution in [0, 0.1) is 5.92 Å². The van der Waals surface area contributed by atoms with E-state index in [0.29, 0.717) is 18.3 Å². The Labute approximate surface area is 123 Å². The molecule has 5 heteroatoms. The van der Waals surface area contributed by atoms with Gasteiger partial charge >= 0.3 is 0 Å². The number of hydrogen-bond donors (Lipinski definition) is 0. The monoisotopic (exact) mass is 286 g/mol. The van der Waals surface area contributed by atoms with Gasteiger partial charge in [0.05, 0.1) is 18.9 Å². The molecule has 0 spiro atoms. The van der Waals surface area contributed by atoms with Crippen LogP contribution < -0.4 is 4.74 Å². The number of fused-ring (bicyclic) bond motifs is 1. The molecule has 1 aromatic carbocycles. The SMILES string of the molecule is CC(C)C(=O)Cc1nc(C2CCOc3ccccc32)no1. The highest BCUT2D eigenvalue weighted by atomic mass is 16.5. The summed E-state index contributed by atoms with van der Waals surface area (Å²) in [5.74, 6) is 2.06. The zero-order valence-corrected chi connectivity index (χ0v) is 12.2. The molecule has 3 rings (SSSR count). The first-order valence-electron chi connectivity index (χ1n) is 7.22. The van der Waals surface area contributed by atoms with Crippen LogP contribution in [0.3, 0.4) is 0 Å². The zero-order chi connectivity index (χ0) is 14.8. The number of hydrogen-bond acceptors (Lipinski definition) is 5. The Morgan fingerprint density at radius 3 is 3.00 bits per heavy atom. The average molecular weight is 286 g/mol. The lowest BCUT2D eigenvalue weighted by Gasteiger charge is -2.23. The highest BCUT2D eigenvalue weighted by Gasteiger charge is 2.27. The van der Waals surface area contributed by atoms with Crippen LogP contribution >= 0.6 is 0 Å². The summed E-state index contributed by atoms with van der Waals surface area (Å²) in [6.07, 6.45) is 1.02. The minimum atomic E-state index is -0.0239. The van der Waals surface area contributed by atoms with Crippen LogP contribution in [-0.2, 0) is 11.2 Å². The maximum atomic E-state index is 11.7. The van der Waals surface area contributed by atoms with Gasteiger partial charge in [-0.1, -0.05) is 37.2 Å². The maximum absolute atomic E-state index is 11.7. The van der Waals surface area contributed by atoms with Crippen molar-refractivity contribution in [1.82, 2.24) is 10.1 Å². The van der Waals surface area contributed by atoms with E-state index in [2.05, 4.69) is 10.1 Å². The number of carbonyl (C=O) groups excluding carboxylic acids is 1. The molecule has 1 atom stereocenters. The second-order valence-electron chi connectivity index (χ2n) is 5.57. The molecule has 1 aromatic heterocycles. The van der Waals surface area contributed by atoms with Gasteiger partial charge in [-0.2, -0.15) is 4.98 Å². The first-order valence-corrected chi connectivity index (χ1v) is 7.22. The van der Waals surface area contributed by atoms with Crippen LogP contribution in [0.5, 0.6) is 5.75 Å². The van der Waals surface area contributed by atoms with Crippen LogP contribution in [0.15, 0.2) is 28.8 Å². The molecule has 1 aliphatic heterocycles. The molecule has 0 aliphatic carbocycles. The normalized spacial score (nSPS) is 17.4. The summed E-state index contributed by atoms with van der Waals surface area (Å²) in [6.45, 7) is 4.37. The van der Waals surface area contributed by atoms with Gasteiger partial charge in [0.2, 0.25) is 5.89 Å².